The maximum absolute atomic E-state index is 11.3. The Labute approximate surface area is 106 Å². The second-order valence-electron chi connectivity index (χ2n) is 4.84. The molecule has 1 aliphatic heterocycles. The third-order valence-electron chi connectivity index (χ3n) is 3.53. The largest absolute Gasteiger partial charge is 0.381 e. The number of nitrogens with one attached hydrogen (secondary N) is 2. The summed E-state index contributed by atoms with van der Waals surface area (Å²) in [5, 5.41) is 6.98. The van der Waals surface area contributed by atoms with E-state index in [9.17, 15) is 4.79 Å². The van der Waals surface area contributed by atoms with Gasteiger partial charge in [0.25, 0.3) is 0 Å². The van der Waals surface area contributed by atoms with Crippen LogP contribution in [0.2, 0.25) is 5.02 Å². The Morgan fingerprint density at radius 2 is 2.06 bits per heavy atom. The molecule has 0 atom stereocenters. The Morgan fingerprint density at radius 1 is 1.29 bits per heavy atom. The van der Waals surface area contributed by atoms with Crippen LogP contribution in [0, 0.1) is 0 Å². The van der Waals surface area contributed by atoms with E-state index in [1.54, 1.807) is 0 Å². The van der Waals surface area contributed by atoms with Gasteiger partial charge in [0, 0.05) is 11.7 Å². The van der Waals surface area contributed by atoms with Gasteiger partial charge in [-0.3, -0.25) is 4.79 Å². The lowest BCUT2D eigenvalue weighted by atomic mass is 10.1. The quantitative estimate of drug-likeness (QED) is 0.846. The summed E-state index contributed by atoms with van der Waals surface area (Å²) in [6, 6.07) is 4.39. The summed E-state index contributed by atoms with van der Waals surface area (Å²) in [6.45, 7) is 0. The lowest BCUT2D eigenvalue weighted by molar-refractivity contribution is -0.115. The molecule has 0 bridgehead atoms. The van der Waals surface area contributed by atoms with Crippen LogP contribution >= 0.6 is 11.6 Å². The first-order valence-corrected chi connectivity index (χ1v) is 6.49. The van der Waals surface area contributed by atoms with Gasteiger partial charge in [0.2, 0.25) is 5.91 Å². The second-order valence-corrected chi connectivity index (χ2v) is 5.25. The molecule has 3 rings (SSSR count). The number of carbonyl (C=O) groups excluding carboxylic acids is 1. The Morgan fingerprint density at radius 3 is 2.82 bits per heavy atom. The van der Waals surface area contributed by atoms with Crippen molar-refractivity contribution in [3.63, 3.8) is 0 Å². The van der Waals surface area contributed by atoms with Crippen LogP contribution in [0.5, 0.6) is 0 Å². The third-order valence-corrected chi connectivity index (χ3v) is 3.85. The Kier molecular flexibility index (Phi) is 2.71. The number of anilines is 2. The zero-order valence-corrected chi connectivity index (χ0v) is 10.3. The molecule has 1 heterocycles. The number of rotatable bonds is 2. The van der Waals surface area contributed by atoms with Crippen molar-refractivity contribution in [2.75, 3.05) is 10.6 Å². The van der Waals surface area contributed by atoms with Crippen molar-refractivity contribution in [2.24, 2.45) is 0 Å². The van der Waals surface area contributed by atoms with Crippen LogP contribution < -0.4 is 10.6 Å². The molecule has 17 heavy (non-hydrogen) atoms. The molecule has 1 aromatic carbocycles. The van der Waals surface area contributed by atoms with Gasteiger partial charge in [-0.15, -0.1) is 0 Å². The Balaban J connectivity index is 1.85. The minimum Gasteiger partial charge on any atom is -0.381 e. The highest BCUT2D eigenvalue weighted by molar-refractivity contribution is 6.33. The Hall–Kier alpha value is -1.22. The molecule has 2 N–H and O–H groups in total. The van der Waals surface area contributed by atoms with E-state index in [1.165, 1.54) is 25.7 Å². The molecule has 1 aromatic rings. The van der Waals surface area contributed by atoms with Gasteiger partial charge in [-0.2, -0.15) is 0 Å². The fourth-order valence-corrected chi connectivity index (χ4v) is 2.87. The van der Waals surface area contributed by atoms with Gasteiger partial charge in [0.15, 0.2) is 0 Å². The molecule has 0 spiro atoms. The van der Waals surface area contributed by atoms with E-state index in [2.05, 4.69) is 10.6 Å². The number of carbonyl (C=O) groups is 1. The first-order chi connectivity index (χ1) is 8.22. The van der Waals surface area contributed by atoms with Gasteiger partial charge in [-0.05, 0) is 30.5 Å². The molecule has 1 fully saturated rings. The summed E-state index contributed by atoms with van der Waals surface area (Å²) < 4.78 is 0. The number of amides is 1. The summed E-state index contributed by atoms with van der Waals surface area (Å²) in [6.07, 6.45) is 5.47. The van der Waals surface area contributed by atoms with Gasteiger partial charge in [0.05, 0.1) is 17.1 Å². The molecule has 1 aliphatic carbocycles. The standard InChI is InChI=1S/C13H15ClN2O/c14-10-7-11-8(6-13(17)16-11)5-12(10)15-9-3-1-2-4-9/h5,7,9,15H,1-4,6H2,(H,16,17). The normalized spacial score (nSPS) is 19.2. The van der Waals surface area contributed by atoms with E-state index < -0.39 is 0 Å². The first kappa shape index (κ1) is 10.9. The highest BCUT2D eigenvalue weighted by Crippen LogP contribution is 2.34. The van der Waals surface area contributed by atoms with Crippen molar-refractivity contribution < 1.29 is 4.79 Å². The van der Waals surface area contributed by atoms with E-state index in [-0.39, 0.29) is 5.91 Å². The van der Waals surface area contributed by atoms with Gasteiger partial charge in [-0.1, -0.05) is 24.4 Å². The van der Waals surface area contributed by atoms with E-state index in [4.69, 9.17) is 11.6 Å². The van der Waals surface area contributed by atoms with E-state index in [0.717, 1.165) is 16.9 Å². The minimum atomic E-state index is 0.0501. The van der Waals surface area contributed by atoms with Crippen molar-refractivity contribution >= 4 is 28.9 Å². The van der Waals surface area contributed by atoms with Crippen molar-refractivity contribution in [2.45, 2.75) is 38.1 Å². The van der Waals surface area contributed by atoms with Crippen LogP contribution in [0.3, 0.4) is 0 Å². The molecule has 0 unspecified atom stereocenters. The fourth-order valence-electron chi connectivity index (χ4n) is 2.65. The zero-order chi connectivity index (χ0) is 11.8. The number of hydrogen-bond donors (Lipinski definition) is 2. The molecular formula is C13H15ClN2O. The molecule has 0 radical (unpaired) electrons. The lowest BCUT2D eigenvalue weighted by Crippen LogP contribution is -2.14. The molecule has 1 amide bonds. The smallest absolute Gasteiger partial charge is 0.228 e. The summed E-state index contributed by atoms with van der Waals surface area (Å²) in [4.78, 5) is 11.3. The third kappa shape index (κ3) is 2.12. The van der Waals surface area contributed by atoms with E-state index in [0.29, 0.717) is 17.5 Å². The van der Waals surface area contributed by atoms with Gasteiger partial charge < -0.3 is 10.6 Å². The maximum atomic E-state index is 11.3. The van der Waals surface area contributed by atoms with Crippen LogP contribution in [-0.4, -0.2) is 11.9 Å². The monoisotopic (exact) mass is 250 g/mol. The first-order valence-electron chi connectivity index (χ1n) is 6.11. The molecule has 1 saturated carbocycles. The summed E-state index contributed by atoms with van der Waals surface area (Å²) in [5.74, 6) is 0.0501. The maximum Gasteiger partial charge on any atom is 0.228 e. The van der Waals surface area contributed by atoms with Gasteiger partial charge in [-0.25, -0.2) is 0 Å². The van der Waals surface area contributed by atoms with Crippen LogP contribution in [-0.2, 0) is 11.2 Å². The fraction of sp³-hybridized carbons (Fsp3) is 0.462. The topological polar surface area (TPSA) is 41.1 Å². The van der Waals surface area contributed by atoms with E-state index in [1.807, 2.05) is 12.1 Å². The zero-order valence-electron chi connectivity index (χ0n) is 9.55. The number of benzene rings is 1. The van der Waals surface area contributed by atoms with Crippen molar-refractivity contribution in [3.05, 3.63) is 22.7 Å². The van der Waals surface area contributed by atoms with Crippen LogP contribution in [0.15, 0.2) is 12.1 Å². The SMILES string of the molecule is O=C1Cc2cc(NC3CCCC3)c(Cl)cc2N1. The van der Waals surface area contributed by atoms with E-state index >= 15 is 0 Å². The number of halogens is 1. The second kappa shape index (κ2) is 4.22. The molecule has 90 valence electrons. The van der Waals surface area contributed by atoms with Crippen molar-refractivity contribution in [1.29, 1.82) is 0 Å². The number of fused-ring (bicyclic) bond motifs is 1. The molecule has 2 aliphatic rings. The minimum absolute atomic E-state index is 0.0501. The summed E-state index contributed by atoms with van der Waals surface area (Å²) in [5.41, 5.74) is 2.87. The van der Waals surface area contributed by atoms with Gasteiger partial charge in [0.1, 0.15) is 0 Å². The highest BCUT2D eigenvalue weighted by Gasteiger charge is 2.21. The number of hydrogen-bond acceptors (Lipinski definition) is 2. The highest BCUT2D eigenvalue weighted by atomic mass is 35.5. The van der Waals surface area contributed by atoms with Crippen LogP contribution in [0.1, 0.15) is 31.2 Å². The summed E-state index contributed by atoms with van der Waals surface area (Å²) >= 11 is 6.22. The Bertz CT molecular complexity index is 467. The van der Waals surface area contributed by atoms with Crippen molar-refractivity contribution in [1.82, 2.24) is 0 Å². The average Bonchev–Trinajstić information content (AvgIpc) is 2.87. The average molecular weight is 251 g/mol. The lowest BCUT2D eigenvalue weighted by Gasteiger charge is -2.15. The predicted octanol–water partition coefficient (Wildman–Crippen LogP) is 3.19. The predicted molar refractivity (Wildman–Crippen MR) is 69.7 cm³/mol. The van der Waals surface area contributed by atoms with Crippen LogP contribution in [0.4, 0.5) is 11.4 Å². The molecule has 0 aromatic heterocycles. The molecular weight excluding hydrogens is 236 g/mol. The molecule has 4 heteroatoms. The molecule has 3 nitrogen and oxygen atoms in total. The van der Waals surface area contributed by atoms with Crippen LogP contribution in [0.25, 0.3) is 0 Å². The van der Waals surface area contributed by atoms with Crippen molar-refractivity contribution in [3.8, 4) is 0 Å². The van der Waals surface area contributed by atoms with Gasteiger partial charge >= 0.3 is 0 Å². The molecule has 0 saturated heterocycles. The summed E-state index contributed by atoms with van der Waals surface area (Å²) in [7, 11) is 0.